The van der Waals surface area contributed by atoms with Gasteiger partial charge in [-0.25, -0.2) is 4.98 Å². The summed E-state index contributed by atoms with van der Waals surface area (Å²) in [7, 11) is 0. The second-order valence-electron chi connectivity index (χ2n) is 7.93. The van der Waals surface area contributed by atoms with Crippen molar-refractivity contribution in [3.8, 4) is 10.6 Å². The molecule has 0 unspecified atom stereocenters. The maximum absolute atomic E-state index is 12.9. The number of nitrogens with zero attached hydrogens (tertiary/aromatic N) is 3. The van der Waals surface area contributed by atoms with Crippen LogP contribution in [-0.2, 0) is 29.0 Å². The van der Waals surface area contributed by atoms with Crippen molar-refractivity contribution in [3.05, 3.63) is 76.8 Å². The summed E-state index contributed by atoms with van der Waals surface area (Å²) < 4.78 is 5.41. The van der Waals surface area contributed by atoms with Gasteiger partial charge in [0.15, 0.2) is 0 Å². The van der Waals surface area contributed by atoms with Gasteiger partial charge < -0.3 is 14.7 Å². The van der Waals surface area contributed by atoms with Crippen molar-refractivity contribution >= 4 is 17.2 Å². The summed E-state index contributed by atoms with van der Waals surface area (Å²) in [5.74, 6) is -0.0272. The Morgan fingerprint density at radius 3 is 2.53 bits per heavy atom. The molecule has 0 radical (unpaired) electrons. The molecule has 1 aliphatic rings. The smallest absolute Gasteiger partial charge is 0.228 e. The van der Waals surface area contributed by atoms with E-state index in [9.17, 15) is 9.90 Å². The number of carbonyl (C=O) groups excluding carboxylic acids is 1. The van der Waals surface area contributed by atoms with Crippen molar-refractivity contribution in [3.63, 3.8) is 0 Å². The first kappa shape index (κ1) is 22.6. The zero-order chi connectivity index (χ0) is 22.2. The Kier molecular flexibility index (Phi) is 8.01. The number of rotatable bonds is 9. The Morgan fingerprint density at radius 2 is 1.81 bits per heavy atom. The number of hydrogen-bond donors (Lipinski definition) is 1. The fourth-order valence-corrected chi connectivity index (χ4v) is 4.60. The van der Waals surface area contributed by atoms with Crippen LogP contribution >= 0.6 is 11.3 Å². The molecular formula is C25H29N3O3S. The Morgan fingerprint density at radius 1 is 1.06 bits per heavy atom. The molecule has 4 rings (SSSR count). The average molecular weight is 452 g/mol. The largest absolute Gasteiger partial charge is 0.395 e. The molecule has 7 heteroatoms. The third-order valence-corrected chi connectivity index (χ3v) is 6.47. The van der Waals surface area contributed by atoms with Gasteiger partial charge in [0.1, 0.15) is 5.01 Å². The molecule has 1 fully saturated rings. The van der Waals surface area contributed by atoms with Gasteiger partial charge in [-0.1, -0.05) is 54.6 Å². The molecule has 168 valence electrons. The molecule has 1 aromatic heterocycles. The molecule has 0 spiro atoms. The van der Waals surface area contributed by atoms with E-state index in [1.165, 1.54) is 5.56 Å². The normalized spacial score (nSPS) is 14.4. The monoisotopic (exact) mass is 451 g/mol. The lowest BCUT2D eigenvalue weighted by atomic mass is 10.1. The first-order chi connectivity index (χ1) is 15.7. The van der Waals surface area contributed by atoms with Crippen LogP contribution in [0.3, 0.4) is 0 Å². The Bertz CT molecular complexity index is 985. The summed E-state index contributed by atoms with van der Waals surface area (Å²) in [4.78, 5) is 21.6. The van der Waals surface area contributed by atoms with Crippen molar-refractivity contribution in [1.82, 2.24) is 14.8 Å². The highest BCUT2D eigenvalue weighted by atomic mass is 32.1. The second-order valence-corrected chi connectivity index (χ2v) is 8.79. The van der Waals surface area contributed by atoms with Crippen LogP contribution in [0.2, 0.25) is 0 Å². The quantitative estimate of drug-likeness (QED) is 0.541. The zero-order valence-corrected chi connectivity index (χ0v) is 19.0. The second kappa shape index (κ2) is 11.3. The summed E-state index contributed by atoms with van der Waals surface area (Å²) in [5.41, 5.74) is 4.16. The van der Waals surface area contributed by atoms with Crippen molar-refractivity contribution in [1.29, 1.82) is 0 Å². The molecule has 1 N–H and O–H groups in total. The van der Waals surface area contributed by atoms with E-state index in [4.69, 9.17) is 9.72 Å². The maximum Gasteiger partial charge on any atom is 0.228 e. The molecule has 0 aliphatic carbocycles. The topological polar surface area (TPSA) is 65.9 Å². The molecule has 1 saturated heterocycles. The number of aliphatic hydroxyl groups is 1. The number of carbonyl (C=O) groups is 1. The van der Waals surface area contributed by atoms with Crippen LogP contribution in [0, 0.1) is 0 Å². The summed E-state index contributed by atoms with van der Waals surface area (Å²) in [5, 5.41) is 12.3. The predicted molar refractivity (Wildman–Crippen MR) is 126 cm³/mol. The van der Waals surface area contributed by atoms with Crippen LogP contribution in [0.25, 0.3) is 10.6 Å². The lowest BCUT2D eigenvalue weighted by Crippen LogP contribution is -2.35. The number of benzene rings is 2. The average Bonchev–Trinajstić information content (AvgIpc) is 3.29. The Hall–Kier alpha value is -2.58. The van der Waals surface area contributed by atoms with E-state index < -0.39 is 0 Å². The number of ether oxygens (including phenoxy) is 1. The molecule has 0 saturated carbocycles. The van der Waals surface area contributed by atoms with Gasteiger partial charge in [0.05, 0.1) is 31.9 Å². The molecule has 6 nitrogen and oxygen atoms in total. The van der Waals surface area contributed by atoms with E-state index in [1.807, 2.05) is 35.7 Å². The molecule has 2 aromatic carbocycles. The number of aromatic nitrogens is 1. The maximum atomic E-state index is 12.9. The first-order valence-corrected chi connectivity index (χ1v) is 11.9. The highest BCUT2D eigenvalue weighted by Crippen LogP contribution is 2.25. The number of amides is 1. The first-order valence-electron chi connectivity index (χ1n) is 11.0. The third-order valence-electron chi connectivity index (χ3n) is 5.53. The van der Waals surface area contributed by atoms with Crippen LogP contribution < -0.4 is 0 Å². The molecule has 1 aliphatic heterocycles. The molecule has 0 atom stereocenters. The fraction of sp³-hybridized carbons (Fsp3) is 0.360. The number of thiazole rings is 1. The minimum absolute atomic E-state index is 0.0272. The van der Waals surface area contributed by atoms with Gasteiger partial charge in [0.2, 0.25) is 5.91 Å². The zero-order valence-electron chi connectivity index (χ0n) is 18.2. The van der Waals surface area contributed by atoms with Gasteiger partial charge in [-0.05, 0) is 11.1 Å². The lowest BCUT2D eigenvalue weighted by Gasteiger charge is -2.26. The van der Waals surface area contributed by atoms with Crippen LogP contribution in [0.5, 0.6) is 0 Å². The SMILES string of the molecule is O=C(Cc1csc(-c2ccc(CN3CCOCC3)cc2)n1)N(CCO)Cc1ccccc1. The van der Waals surface area contributed by atoms with Crippen LogP contribution in [0.15, 0.2) is 60.0 Å². The lowest BCUT2D eigenvalue weighted by molar-refractivity contribution is -0.131. The van der Waals surface area contributed by atoms with E-state index in [0.717, 1.165) is 54.7 Å². The van der Waals surface area contributed by atoms with Crippen molar-refractivity contribution in [2.45, 2.75) is 19.5 Å². The minimum Gasteiger partial charge on any atom is -0.395 e. The summed E-state index contributed by atoms with van der Waals surface area (Å²) in [6.07, 6.45) is 0.235. The standard InChI is InChI=1S/C25H29N3O3S/c29-13-10-28(18-20-4-2-1-3-5-20)24(30)16-23-19-32-25(26-23)22-8-6-21(7-9-22)17-27-11-14-31-15-12-27/h1-9,19,29H,10-18H2. The van der Waals surface area contributed by atoms with Crippen LogP contribution in [0.4, 0.5) is 0 Å². The third kappa shape index (κ3) is 6.23. The van der Waals surface area contributed by atoms with Crippen LogP contribution in [-0.4, -0.2) is 65.3 Å². The number of aliphatic hydroxyl groups excluding tert-OH is 1. The van der Waals surface area contributed by atoms with Gasteiger partial charge >= 0.3 is 0 Å². The van der Waals surface area contributed by atoms with E-state index in [0.29, 0.717) is 13.1 Å². The van der Waals surface area contributed by atoms with E-state index in [-0.39, 0.29) is 18.9 Å². The highest BCUT2D eigenvalue weighted by molar-refractivity contribution is 7.13. The van der Waals surface area contributed by atoms with Gasteiger partial charge in [-0.2, -0.15) is 0 Å². The molecule has 2 heterocycles. The molecule has 1 amide bonds. The van der Waals surface area contributed by atoms with E-state index in [1.54, 1.807) is 16.2 Å². The van der Waals surface area contributed by atoms with E-state index >= 15 is 0 Å². The van der Waals surface area contributed by atoms with Gasteiger partial charge in [0, 0.05) is 43.7 Å². The highest BCUT2D eigenvalue weighted by Gasteiger charge is 2.17. The summed E-state index contributed by atoms with van der Waals surface area (Å²) in [6.45, 7) is 5.24. The van der Waals surface area contributed by atoms with E-state index in [2.05, 4.69) is 29.2 Å². The minimum atomic E-state index is -0.0578. The summed E-state index contributed by atoms with van der Waals surface area (Å²) in [6, 6.07) is 18.4. The van der Waals surface area contributed by atoms with Crippen LogP contribution in [0.1, 0.15) is 16.8 Å². The predicted octanol–water partition coefficient (Wildman–Crippen LogP) is 3.21. The van der Waals surface area contributed by atoms with Crippen molar-refractivity contribution < 1.29 is 14.6 Å². The number of hydrogen-bond acceptors (Lipinski definition) is 6. The van der Waals surface area contributed by atoms with Crippen molar-refractivity contribution in [2.24, 2.45) is 0 Å². The van der Waals surface area contributed by atoms with Gasteiger partial charge in [-0.3, -0.25) is 9.69 Å². The Labute approximate surface area is 193 Å². The molecule has 3 aromatic rings. The summed E-state index contributed by atoms with van der Waals surface area (Å²) >= 11 is 1.56. The van der Waals surface area contributed by atoms with Gasteiger partial charge in [0.25, 0.3) is 0 Å². The fourth-order valence-electron chi connectivity index (χ4n) is 3.77. The van der Waals surface area contributed by atoms with Gasteiger partial charge in [-0.15, -0.1) is 11.3 Å². The Balaban J connectivity index is 1.36. The van der Waals surface area contributed by atoms with Crippen molar-refractivity contribution in [2.75, 3.05) is 39.5 Å². The number of morpholine rings is 1. The molecule has 0 bridgehead atoms. The molecule has 32 heavy (non-hydrogen) atoms. The molecular weight excluding hydrogens is 422 g/mol.